The van der Waals surface area contributed by atoms with Crippen molar-refractivity contribution < 1.29 is 14.7 Å². The number of benzene rings is 2. The highest BCUT2D eigenvalue weighted by Crippen LogP contribution is 2.34. The third kappa shape index (κ3) is 4.30. The van der Waals surface area contributed by atoms with Crippen molar-refractivity contribution in [2.45, 2.75) is 0 Å². The van der Waals surface area contributed by atoms with Crippen LogP contribution >= 0.6 is 23.4 Å². The van der Waals surface area contributed by atoms with Gasteiger partial charge in [0.2, 0.25) is 0 Å². The lowest BCUT2D eigenvalue weighted by atomic mass is 10.2. The van der Waals surface area contributed by atoms with E-state index < -0.39 is 5.97 Å². The van der Waals surface area contributed by atoms with Gasteiger partial charge >= 0.3 is 5.97 Å². The third-order valence-electron chi connectivity index (χ3n) is 3.72. The predicted molar refractivity (Wildman–Crippen MR) is 109 cm³/mol. The second-order valence-corrected chi connectivity index (χ2v) is 7.03. The Balaban J connectivity index is 2.00. The van der Waals surface area contributed by atoms with Gasteiger partial charge < -0.3 is 5.11 Å². The molecule has 1 amide bonds. The molecule has 0 radical (unpaired) electrons. The van der Waals surface area contributed by atoms with Crippen molar-refractivity contribution in [3.63, 3.8) is 0 Å². The maximum atomic E-state index is 12.8. The van der Waals surface area contributed by atoms with E-state index in [0.717, 1.165) is 5.56 Å². The highest BCUT2D eigenvalue weighted by atomic mass is 35.5. The van der Waals surface area contributed by atoms with Crippen LogP contribution in [0.4, 0.5) is 5.69 Å². The Bertz CT molecular complexity index is 967. The minimum Gasteiger partial charge on any atom is -0.478 e. The van der Waals surface area contributed by atoms with Crippen molar-refractivity contribution >= 4 is 52.2 Å². The van der Waals surface area contributed by atoms with Gasteiger partial charge in [-0.1, -0.05) is 41.9 Å². The van der Waals surface area contributed by atoms with Crippen LogP contribution in [0, 0.1) is 0 Å². The van der Waals surface area contributed by atoms with Gasteiger partial charge in [0.15, 0.2) is 5.17 Å². The first-order valence-corrected chi connectivity index (χ1v) is 9.18. The molecule has 0 aromatic heterocycles. The Morgan fingerprint density at radius 2 is 1.93 bits per heavy atom. The summed E-state index contributed by atoms with van der Waals surface area (Å²) in [6, 6.07) is 13.5. The number of hydrogen-bond acceptors (Lipinski definition) is 4. The number of hydrogen-bond donors (Lipinski definition) is 1. The summed E-state index contributed by atoms with van der Waals surface area (Å²) in [4.78, 5) is 30.5. The van der Waals surface area contributed by atoms with Gasteiger partial charge in [0, 0.05) is 11.6 Å². The number of nitrogens with zero attached hydrogens (tertiary/aromatic N) is 2. The number of amides is 1. The summed E-state index contributed by atoms with van der Waals surface area (Å²) in [5.74, 6) is -1.28. The van der Waals surface area contributed by atoms with Crippen LogP contribution in [0.1, 0.15) is 15.9 Å². The number of thioether (sulfide) groups is 1. The minimum atomic E-state index is -1.07. The number of aromatic carboxylic acids is 1. The number of aliphatic imine (C=N–C) groups is 1. The van der Waals surface area contributed by atoms with Crippen LogP contribution in [0.2, 0.25) is 5.02 Å². The number of amidine groups is 1. The molecule has 1 heterocycles. The highest BCUT2D eigenvalue weighted by molar-refractivity contribution is 8.18. The molecule has 136 valence electrons. The van der Waals surface area contributed by atoms with E-state index >= 15 is 0 Å². The van der Waals surface area contributed by atoms with E-state index in [2.05, 4.69) is 11.6 Å². The molecule has 1 saturated heterocycles. The van der Waals surface area contributed by atoms with Crippen molar-refractivity contribution in [1.82, 2.24) is 4.90 Å². The molecule has 2 aromatic rings. The average molecular weight is 399 g/mol. The molecule has 2 aromatic carbocycles. The fourth-order valence-corrected chi connectivity index (χ4v) is 3.57. The summed E-state index contributed by atoms with van der Waals surface area (Å²) in [5.41, 5.74) is 1.20. The van der Waals surface area contributed by atoms with Gasteiger partial charge in [-0.05, 0) is 47.7 Å². The van der Waals surface area contributed by atoms with Crippen molar-refractivity contribution in [3.8, 4) is 0 Å². The van der Waals surface area contributed by atoms with Crippen LogP contribution in [-0.4, -0.2) is 33.6 Å². The summed E-state index contributed by atoms with van der Waals surface area (Å²) in [6.45, 7) is 3.95. The largest absolute Gasteiger partial charge is 0.478 e. The molecule has 27 heavy (non-hydrogen) atoms. The van der Waals surface area contributed by atoms with Crippen LogP contribution in [0.3, 0.4) is 0 Å². The Labute approximate surface area is 165 Å². The van der Waals surface area contributed by atoms with Gasteiger partial charge in [-0.15, -0.1) is 6.58 Å². The normalized spacial score (nSPS) is 16.9. The van der Waals surface area contributed by atoms with Gasteiger partial charge in [0.05, 0.1) is 16.2 Å². The maximum absolute atomic E-state index is 12.8. The molecule has 3 rings (SSSR count). The Morgan fingerprint density at radius 3 is 2.59 bits per heavy atom. The van der Waals surface area contributed by atoms with Gasteiger partial charge in [-0.25, -0.2) is 9.79 Å². The van der Waals surface area contributed by atoms with Crippen LogP contribution in [0.5, 0.6) is 0 Å². The summed E-state index contributed by atoms with van der Waals surface area (Å²) in [5, 5.41) is 10.4. The smallest absolute Gasteiger partial charge is 0.337 e. The zero-order valence-corrected chi connectivity index (χ0v) is 15.7. The molecule has 1 aliphatic heterocycles. The van der Waals surface area contributed by atoms with Crippen LogP contribution < -0.4 is 0 Å². The summed E-state index contributed by atoms with van der Waals surface area (Å²) in [6.07, 6.45) is 3.35. The number of carbonyl (C=O) groups is 2. The quantitative estimate of drug-likeness (QED) is 0.578. The molecule has 7 heteroatoms. The maximum Gasteiger partial charge on any atom is 0.337 e. The zero-order chi connectivity index (χ0) is 19.4. The molecule has 0 atom stereocenters. The van der Waals surface area contributed by atoms with Crippen molar-refractivity contribution in [1.29, 1.82) is 0 Å². The molecule has 0 bridgehead atoms. The summed E-state index contributed by atoms with van der Waals surface area (Å²) >= 11 is 7.09. The van der Waals surface area contributed by atoms with E-state index in [9.17, 15) is 14.7 Å². The monoisotopic (exact) mass is 398 g/mol. The molecule has 0 aliphatic carbocycles. The van der Waals surface area contributed by atoms with Crippen molar-refractivity contribution in [2.24, 2.45) is 4.99 Å². The first-order valence-electron chi connectivity index (χ1n) is 7.98. The van der Waals surface area contributed by atoms with Crippen LogP contribution in [0.25, 0.3) is 6.08 Å². The molecular weight excluding hydrogens is 384 g/mol. The number of rotatable bonds is 5. The van der Waals surface area contributed by atoms with Gasteiger partial charge in [-0.2, -0.15) is 0 Å². The Morgan fingerprint density at radius 1 is 1.22 bits per heavy atom. The van der Waals surface area contributed by atoms with E-state index in [4.69, 9.17) is 11.6 Å². The number of carboxylic acids is 1. The molecule has 1 aliphatic rings. The van der Waals surface area contributed by atoms with E-state index in [-0.39, 0.29) is 18.0 Å². The average Bonchev–Trinajstić information content (AvgIpc) is 2.93. The van der Waals surface area contributed by atoms with Crippen LogP contribution in [-0.2, 0) is 4.79 Å². The van der Waals surface area contributed by atoms with Gasteiger partial charge in [-0.3, -0.25) is 9.69 Å². The second-order valence-electron chi connectivity index (χ2n) is 5.58. The topological polar surface area (TPSA) is 70.0 Å². The summed E-state index contributed by atoms with van der Waals surface area (Å²) < 4.78 is 0. The zero-order valence-electron chi connectivity index (χ0n) is 14.1. The van der Waals surface area contributed by atoms with Gasteiger partial charge in [0.25, 0.3) is 5.91 Å². The second kappa shape index (κ2) is 8.24. The fraction of sp³-hybridized carbons (Fsp3) is 0.0500. The number of carbonyl (C=O) groups excluding carboxylic acids is 1. The lowest BCUT2D eigenvalue weighted by molar-refractivity contribution is -0.121. The minimum absolute atomic E-state index is 0.0757. The molecule has 0 unspecified atom stereocenters. The first kappa shape index (κ1) is 18.9. The van der Waals surface area contributed by atoms with E-state index in [1.54, 1.807) is 42.5 Å². The number of carboxylic acid groups (broad SMARTS) is 1. The Kier molecular flexibility index (Phi) is 5.78. The molecule has 0 spiro atoms. The Hall–Kier alpha value is -2.83. The lowest BCUT2D eigenvalue weighted by Crippen LogP contribution is -2.29. The van der Waals surface area contributed by atoms with E-state index in [1.807, 2.05) is 12.1 Å². The molecule has 1 fully saturated rings. The first-order chi connectivity index (χ1) is 13.0. The van der Waals surface area contributed by atoms with E-state index in [0.29, 0.717) is 20.8 Å². The lowest BCUT2D eigenvalue weighted by Gasteiger charge is -2.13. The number of halogens is 1. The predicted octanol–water partition coefficient (Wildman–Crippen LogP) is 4.83. The fourth-order valence-electron chi connectivity index (χ4n) is 2.45. The van der Waals surface area contributed by atoms with Crippen LogP contribution in [0.15, 0.2) is 71.1 Å². The molecule has 5 nitrogen and oxygen atoms in total. The molecule has 0 saturated carbocycles. The van der Waals surface area contributed by atoms with Gasteiger partial charge in [0.1, 0.15) is 0 Å². The van der Waals surface area contributed by atoms with Crippen molar-refractivity contribution in [2.75, 3.05) is 6.54 Å². The standard InChI is InChI=1S/C20H15ClN2O3S/c1-2-11-23-18(24)17(12-13-7-9-14(21)10-8-13)27-20(23)22-16-6-4-3-5-15(16)19(25)26/h2-10,12H,1,11H2,(H,25,26)/b17-12-,22-20?. The molecule has 1 N–H and O–H groups in total. The van der Waals surface area contributed by atoms with E-state index in [1.165, 1.54) is 22.7 Å². The highest BCUT2D eigenvalue weighted by Gasteiger charge is 2.32. The number of para-hydroxylation sites is 1. The summed E-state index contributed by atoms with van der Waals surface area (Å²) in [7, 11) is 0. The van der Waals surface area contributed by atoms with Crippen molar-refractivity contribution in [3.05, 3.63) is 82.2 Å². The third-order valence-corrected chi connectivity index (χ3v) is 4.98. The SMILES string of the molecule is C=CCN1C(=O)/C(=C/c2ccc(Cl)cc2)SC1=Nc1ccccc1C(=O)O. The molecular formula is C20H15ClN2O3S.